The molecular weight excluding hydrogens is 348 g/mol. The Kier molecular flexibility index (Phi) is 6.94. The lowest BCUT2D eigenvalue weighted by atomic mass is 10.1. The molecule has 0 aliphatic heterocycles. The number of aryl methyl sites for hydroxylation is 3. The van der Waals surface area contributed by atoms with E-state index in [0.717, 1.165) is 28.3 Å². The van der Waals surface area contributed by atoms with Crippen LogP contribution in [0.25, 0.3) is 0 Å². The van der Waals surface area contributed by atoms with Gasteiger partial charge in [0.2, 0.25) is 15.9 Å². The van der Waals surface area contributed by atoms with Crippen molar-refractivity contribution in [2.75, 3.05) is 20.1 Å². The van der Waals surface area contributed by atoms with Crippen LogP contribution in [0.4, 0.5) is 0 Å². The molecule has 0 heterocycles. The van der Waals surface area contributed by atoms with Gasteiger partial charge in [0, 0.05) is 13.6 Å². The van der Waals surface area contributed by atoms with Crippen LogP contribution in [-0.2, 0) is 21.2 Å². The zero-order chi connectivity index (χ0) is 19.2. The number of hydrogen-bond acceptors (Lipinski definition) is 3. The van der Waals surface area contributed by atoms with E-state index < -0.39 is 10.0 Å². The molecule has 0 spiro atoms. The van der Waals surface area contributed by atoms with Crippen LogP contribution in [0.3, 0.4) is 0 Å². The Bertz CT molecular complexity index is 849. The fourth-order valence-corrected chi connectivity index (χ4v) is 3.78. The molecule has 26 heavy (non-hydrogen) atoms. The molecule has 2 aromatic rings. The lowest BCUT2D eigenvalue weighted by Crippen LogP contribution is -2.38. The van der Waals surface area contributed by atoms with Gasteiger partial charge in [-0.15, -0.1) is 0 Å². The van der Waals surface area contributed by atoms with Crippen LogP contribution in [-0.4, -0.2) is 38.8 Å². The number of benzene rings is 2. The first-order valence-corrected chi connectivity index (χ1v) is 10.1. The minimum atomic E-state index is -3.67. The summed E-state index contributed by atoms with van der Waals surface area (Å²) < 4.78 is 26.3. The van der Waals surface area contributed by atoms with E-state index in [-0.39, 0.29) is 17.3 Å². The van der Waals surface area contributed by atoms with Crippen molar-refractivity contribution >= 4 is 15.9 Å². The van der Waals surface area contributed by atoms with Crippen molar-refractivity contribution in [3.8, 4) is 0 Å². The second kappa shape index (κ2) is 8.96. The smallest absolute Gasteiger partial charge is 0.243 e. The summed E-state index contributed by atoms with van der Waals surface area (Å²) in [6.07, 6.45) is 1.68. The fraction of sp³-hybridized carbons (Fsp3) is 0.350. The molecule has 0 bridgehead atoms. The van der Waals surface area contributed by atoms with Crippen LogP contribution in [0.1, 0.15) is 23.1 Å². The number of carbonyl (C=O) groups is 1. The van der Waals surface area contributed by atoms with Gasteiger partial charge in [0.15, 0.2) is 0 Å². The van der Waals surface area contributed by atoms with Gasteiger partial charge >= 0.3 is 0 Å². The van der Waals surface area contributed by atoms with E-state index in [1.807, 2.05) is 44.2 Å². The molecule has 0 saturated carbocycles. The van der Waals surface area contributed by atoms with Crippen molar-refractivity contribution in [1.29, 1.82) is 0 Å². The van der Waals surface area contributed by atoms with Gasteiger partial charge in [-0.25, -0.2) is 8.42 Å². The van der Waals surface area contributed by atoms with E-state index in [4.69, 9.17) is 0 Å². The molecule has 5 nitrogen and oxygen atoms in total. The van der Waals surface area contributed by atoms with Crippen molar-refractivity contribution in [3.05, 3.63) is 65.2 Å². The number of rotatable bonds is 8. The second-order valence-electron chi connectivity index (χ2n) is 6.45. The monoisotopic (exact) mass is 374 g/mol. The van der Waals surface area contributed by atoms with Crippen LogP contribution < -0.4 is 5.32 Å². The third-order valence-electron chi connectivity index (χ3n) is 4.36. The van der Waals surface area contributed by atoms with Crippen LogP contribution in [0.2, 0.25) is 0 Å². The maximum absolute atomic E-state index is 12.6. The molecule has 0 saturated heterocycles. The number of amides is 1. The quantitative estimate of drug-likeness (QED) is 0.723. The molecule has 1 N–H and O–H groups in total. The maximum atomic E-state index is 12.6. The van der Waals surface area contributed by atoms with Crippen molar-refractivity contribution in [2.24, 2.45) is 0 Å². The van der Waals surface area contributed by atoms with Gasteiger partial charge in [0.25, 0.3) is 0 Å². The molecule has 0 atom stereocenters. The third kappa shape index (κ3) is 5.41. The van der Waals surface area contributed by atoms with E-state index >= 15 is 0 Å². The highest BCUT2D eigenvalue weighted by Gasteiger charge is 2.23. The molecule has 0 aliphatic rings. The summed E-state index contributed by atoms with van der Waals surface area (Å²) in [6, 6.07) is 15.0. The van der Waals surface area contributed by atoms with E-state index in [0.29, 0.717) is 6.54 Å². The minimum Gasteiger partial charge on any atom is -0.355 e. The summed E-state index contributed by atoms with van der Waals surface area (Å²) in [4.78, 5) is 12.3. The highest BCUT2D eigenvalue weighted by molar-refractivity contribution is 7.89. The Morgan fingerprint density at radius 1 is 1.04 bits per heavy atom. The molecule has 0 aromatic heterocycles. The number of nitrogens with zero attached hydrogens (tertiary/aromatic N) is 1. The fourth-order valence-electron chi connectivity index (χ4n) is 2.56. The van der Waals surface area contributed by atoms with E-state index in [1.165, 1.54) is 12.6 Å². The summed E-state index contributed by atoms with van der Waals surface area (Å²) in [7, 11) is -2.25. The Hall–Kier alpha value is -2.18. The molecule has 1 amide bonds. The van der Waals surface area contributed by atoms with Gasteiger partial charge in [-0.2, -0.15) is 4.31 Å². The first-order valence-electron chi connectivity index (χ1n) is 8.65. The minimum absolute atomic E-state index is 0.194. The van der Waals surface area contributed by atoms with Crippen molar-refractivity contribution in [3.63, 3.8) is 0 Å². The maximum Gasteiger partial charge on any atom is 0.243 e. The molecule has 140 valence electrons. The highest BCUT2D eigenvalue weighted by Crippen LogP contribution is 2.17. The third-order valence-corrected chi connectivity index (χ3v) is 6.16. The number of likely N-dealkylation sites (N-methyl/N-ethyl adjacent to an activating group) is 1. The van der Waals surface area contributed by atoms with Crippen LogP contribution in [0.15, 0.2) is 53.4 Å². The predicted octanol–water partition coefficient (Wildman–Crippen LogP) is 2.67. The summed E-state index contributed by atoms with van der Waals surface area (Å²) in [5.41, 5.74) is 3.16. The molecule has 2 rings (SSSR count). The average molecular weight is 375 g/mol. The van der Waals surface area contributed by atoms with Gasteiger partial charge in [-0.3, -0.25) is 4.79 Å². The predicted molar refractivity (Wildman–Crippen MR) is 104 cm³/mol. The molecule has 0 radical (unpaired) electrons. The SMILES string of the molecule is Cc1ccc(S(=O)(=O)N(C)CC(=O)NCCCc2ccccc2)cc1C. The van der Waals surface area contributed by atoms with Gasteiger partial charge < -0.3 is 5.32 Å². The van der Waals surface area contributed by atoms with Gasteiger partial charge in [0.05, 0.1) is 11.4 Å². The average Bonchev–Trinajstić information content (AvgIpc) is 2.61. The van der Waals surface area contributed by atoms with Crippen molar-refractivity contribution in [1.82, 2.24) is 9.62 Å². The number of sulfonamides is 1. The lowest BCUT2D eigenvalue weighted by Gasteiger charge is -2.17. The van der Waals surface area contributed by atoms with Crippen molar-refractivity contribution < 1.29 is 13.2 Å². The zero-order valence-corrected chi connectivity index (χ0v) is 16.3. The van der Waals surface area contributed by atoms with E-state index in [2.05, 4.69) is 5.32 Å². The molecular formula is C20H26N2O3S. The summed E-state index contributed by atoms with van der Waals surface area (Å²) in [5.74, 6) is -0.298. The first-order chi connectivity index (χ1) is 12.3. The normalized spacial score (nSPS) is 11.5. The summed E-state index contributed by atoms with van der Waals surface area (Å²) in [6.45, 7) is 4.12. The molecule has 6 heteroatoms. The van der Waals surface area contributed by atoms with Gasteiger partial charge in [-0.1, -0.05) is 36.4 Å². The number of nitrogens with one attached hydrogen (secondary N) is 1. The lowest BCUT2D eigenvalue weighted by molar-refractivity contribution is -0.121. The topological polar surface area (TPSA) is 66.5 Å². The highest BCUT2D eigenvalue weighted by atomic mass is 32.2. The molecule has 0 fully saturated rings. The molecule has 0 aliphatic carbocycles. The Labute approximate surface area is 156 Å². The second-order valence-corrected chi connectivity index (χ2v) is 8.49. The Balaban J connectivity index is 1.84. The van der Waals surface area contributed by atoms with Crippen molar-refractivity contribution in [2.45, 2.75) is 31.6 Å². The van der Waals surface area contributed by atoms with Gasteiger partial charge in [-0.05, 0) is 55.5 Å². The van der Waals surface area contributed by atoms with E-state index in [9.17, 15) is 13.2 Å². The zero-order valence-electron chi connectivity index (χ0n) is 15.5. The van der Waals surface area contributed by atoms with Crippen LogP contribution in [0, 0.1) is 13.8 Å². The number of carbonyl (C=O) groups excluding carboxylic acids is 1. The summed E-state index contributed by atoms with van der Waals surface area (Å²) >= 11 is 0. The molecule has 0 unspecified atom stereocenters. The Morgan fingerprint density at radius 3 is 2.38 bits per heavy atom. The Morgan fingerprint density at radius 2 is 1.73 bits per heavy atom. The van der Waals surface area contributed by atoms with Crippen LogP contribution >= 0.6 is 0 Å². The standard InChI is InChI=1S/C20H26N2O3S/c1-16-11-12-19(14-17(16)2)26(24,25)22(3)15-20(23)21-13-7-10-18-8-5-4-6-9-18/h4-6,8-9,11-12,14H,7,10,13,15H2,1-3H3,(H,21,23). The van der Waals surface area contributed by atoms with Crippen LogP contribution in [0.5, 0.6) is 0 Å². The van der Waals surface area contributed by atoms with Gasteiger partial charge in [0.1, 0.15) is 0 Å². The first kappa shape index (κ1) is 20.1. The largest absolute Gasteiger partial charge is 0.355 e. The number of hydrogen-bond donors (Lipinski definition) is 1. The van der Waals surface area contributed by atoms with E-state index in [1.54, 1.807) is 18.2 Å². The molecule has 2 aromatic carbocycles. The summed E-state index contributed by atoms with van der Waals surface area (Å²) in [5, 5.41) is 2.78.